The van der Waals surface area contributed by atoms with Gasteiger partial charge in [0.1, 0.15) is 5.82 Å². The van der Waals surface area contributed by atoms with E-state index in [-0.39, 0.29) is 0 Å². The summed E-state index contributed by atoms with van der Waals surface area (Å²) in [6, 6.07) is 23.6. The summed E-state index contributed by atoms with van der Waals surface area (Å²) < 4.78 is 2.37. The third-order valence-corrected chi connectivity index (χ3v) is 4.41. The van der Waals surface area contributed by atoms with Gasteiger partial charge in [-0.05, 0) is 34.9 Å². The second-order valence-electron chi connectivity index (χ2n) is 5.98. The van der Waals surface area contributed by atoms with Crippen LogP contribution in [0, 0.1) is 0 Å². The molecule has 0 N–H and O–H groups in total. The zero-order valence-corrected chi connectivity index (χ0v) is 13.4. The number of hydrogen-bond acceptors (Lipinski definition) is 1. The highest BCUT2D eigenvalue weighted by Gasteiger charge is 2.11. The predicted molar refractivity (Wildman–Crippen MR) is 96.8 cm³/mol. The fourth-order valence-electron chi connectivity index (χ4n) is 3.35. The molecule has 0 fully saturated rings. The van der Waals surface area contributed by atoms with E-state index in [1.165, 1.54) is 21.9 Å². The monoisotopic (exact) mass is 300 g/mol. The number of fused-ring (bicyclic) bond motifs is 2. The lowest BCUT2D eigenvalue weighted by molar-refractivity contribution is 0.665. The van der Waals surface area contributed by atoms with Gasteiger partial charge in [-0.2, -0.15) is 0 Å². The molecule has 1 heterocycles. The van der Waals surface area contributed by atoms with Crippen LogP contribution in [-0.4, -0.2) is 9.55 Å². The summed E-state index contributed by atoms with van der Waals surface area (Å²) in [4.78, 5) is 4.90. The van der Waals surface area contributed by atoms with Crippen LogP contribution in [-0.2, 0) is 13.0 Å². The Kier molecular flexibility index (Phi) is 3.58. The maximum atomic E-state index is 4.90. The van der Waals surface area contributed by atoms with Gasteiger partial charge in [0.2, 0.25) is 0 Å². The highest BCUT2D eigenvalue weighted by molar-refractivity contribution is 5.86. The first kappa shape index (κ1) is 14.0. The molecule has 114 valence electrons. The summed E-state index contributed by atoms with van der Waals surface area (Å²) in [5, 5.41) is 2.62. The van der Waals surface area contributed by atoms with Crippen molar-refractivity contribution in [2.75, 3.05) is 0 Å². The van der Waals surface area contributed by atoms with E-state index < -0.39 is 0 Å². The first-order chi connectivity index (χ1) is 11.4. The Labute approximate surface area is 136 Å². The van der Waals surface area contributed by atoms with E-state index in [1.807, 2.05) is 0 Å². The van der Waals surface area contributed by atoms with Crippen molar-refractivity contribution in [3.8, 4) is 0 Å². The van der Waals surface area contributed by atoms with Crippen molar-refractivity contribution in [2.24, 2.45) is 0 Å². The van der Waals surface area contributed by atoms with Crippen molar-refractivity contribution < 1.29 is 0 Å². The normalized spacial score (nSPS) is 11.3. The van der Waals surface area contributed by atoms with Crippen molar-refractivity contribution in [1.82, 2.24) is 9.55 Å². The molecule has 0 saturated carbocycles. The summed E-state index contributed by atoms with van der Waals surface area (Å²) in [7, 11) is 0. The SMILES string of the molecule is CCCn1c(Cc2cccc3ccccc23)nc2ccccc21. The van der Waals surface area contributed by atoms with Gasteiger partial charge in [-0.15, -0.1) is 0 Å². The quantitative estimate of drug-likeness (QED) is 0.507. The van der Waals surface area contributed by atoms with Crippen LogP contribution in [0.15, 0.2) is 66.7 Å². The lowest BCUT2D eigenvalue weighted by atomic mass is 10.0. The second-order valence-corrected chi connectivity index (χ2v) is 5.98. The maximum absolute atomic E-state index is 4.90. The molecule has 0 bridgehead atoms. The summed E-state index contributed by atoms with van der Waals surface area (Å²) >= 11 is 0. The van der Waals surface area contributed by atoms with Crippen LogP contribution < -0.4 is 0 Å². The minimum absolute atomic E-state index is 0.871. The second kappa shape index (κ2) is 5.88. The van der Waals surface area contributed by atoms with Gasteiger partial charge in [0.15, 0.2) is 0 Å². The molecule has 2 nitrogen and oxygen atoms in total. The van der Waals surface area contributed by atoms with E-state index in [0.717, 1.165) is 30.7 Å². The molecule has 23 heavy (non-hydrogen) atoms. The summed E-state index contributed by atoms with van der Waals surface area (Å²) in [6.45, 7) is 3.23. The third kappa shape index (κ3) is 2.50. The molecule has 4 aromatic rings. The summed E-state index contributed by atoms with van der Waals surface area (Å²) in [5.74, 6) is 1.16. The zero-order valence-electron chi connectivity index (χ0n) is 13.4. The van der Waals surface area contributed by atoms with Crippen LogP contribution in [0.1, 0.15) is 24.7 Å². The standard InChI is InChI=1S/C21H20N2/c1-2-14-23-20-13-6-5-12-19(20)22-21(23)15-17-10-7-9-16-8-3-4-11-18(16)17/h3-13H,2,14-15H2,1H3. The van der Waals surface area contributed by atoms with E-state index in [1.54, 1.807) is 0 Å². The summed E-state index contributed by atoms with van der Waals surface area (Å²) in [5.41, 5.74) is 3.68. The van der Waals surface area contributed by atoms with Gasteiger partial charge >= 0.3 is 0 Å². The molecule has 0 radical (unpaired) electrons. The first-order valence-corrected chi connectivity index (χ1v) is 8.27. The van der Waals surface area contributed by atoms with Crippen LogP contribution >= 0.6 is 0 Å². The lowest BCUT2D eigenvalue weighted by Gasteiger charge is -2.10. The van der Waals surface area contributed by atoms with Crippen LogP contribution in [0.2, 0.25) is 0 Å². The molecule has 0 unspecified atom stereocenters. The minimum Gasteiger partial charge on any atom is -0.328 e. The van der Waals surface area contributed by atoms with Gasteiger partial charge in [0.25, 0.3) is 0 Å². The lowest BCUT2D eigenvalue weighted by Crippen LogP contribution is -2.04. The van der Waals surface area contributed by atoms with E-state index in [2.05, 4.69) is 78.2 Å². The number of para-hydroxylation sites is 2. The average molecular weight is 300 g/mol. The molecule has 2 heteroatoms. The summed E-state index contributed by atoms with van der Waals surface area (Å²) in [6.07, 6.45) is 1.99. The Balaban J connectivity index is 1.84. The van der Waals surface area contributed by atoms with Gasteiger partial charge in [0, 0.05) is 13.0 Å². The van der Waals surface area contributed by atoms with Crippen molar-refractivity contribution in [3.05, 3.63) is 78.1 Å². The number of hydrogen-bond donors (Lipinski definition) is 0. The highest BCUT2D eigenvalue weighted by Crippen LogP contribution is 2.23. The van der Waals surface area contributed by atoms with Crippen molar-refractivity contribution in [1.29, 1.82) is 0 Å². The predicted octanol–water partition coefficient (Wildman–Crippen LogP) is 5.19. The van der Waals surface area contributed by atoms with Crippen molar-refractivity contribution in [2.45, 2.75) is 26.3 Å². The van der Waals surface area contributed by atoms with E-state index >= 15 is 0 Å². The van der Waals surface area contributed by atoms with E-state index in [4.69, 9.17) is 4.98 Å². The molecule has 0 aliphatic heterocycles. The Morgan fingerprint density at radius 1 is 0.870 bits per heavy atom. The third-order valence-electron chi connectivity index (χ3n) is 4.41. The Bertz CT molecular complexity index is 961. The fourth-order valence-corrected chi connectivity index (χ4v) is 3.35. The first-order valence-electron chi connectivity index (χ1n) is 8.27. The van der Waals surface area contributed by atoms with Crippen LogP contribution in [0.3, 0.4) is 0 Å². The number of benzene rings is 3. The molecule has 4 rings (SSSR count). The highest BCUT2D eigenvalue weighted by atomic mass is 15.1. The molecule has 0 saturated heterocycles. The van der Waals surface area contributed by atoms with Crippen molar-refractivity contribution in [3.63, 3.8) is 0 Å². The number of nitrogens with zero attached hydrogens (tertiary/aromatic N) is 2. The topological polar surface area (TPSA) is 17.8 Å². The van der Waals surface area contributed by atoms with Gasteiger partial charge < -0.3 is 4.57 Å². The Morgan fingerprint density at radius 3 is 2.57 bits per heavy atom. The fraction of sp³-hybridized carbons (Fsp3) is 0.190. The molecule has 1 aromatic heterocycles. The zero-order chi connectivity index (χ0) is 15.6. The smallest absolute Gasteiger partial charge is 0.114 e. The number of imidazole rings is 1. The maximum Gasteiger partial charge on any atom is 0.114 e. The molecule has 0 aliphatic carbocycles. The average Bonchev–Trinajstić information content (AvgIpc) is 2.93. The van der Waals surface area contributed by atoms with Gasteiger partial charge in [-0.3, -0.25) is 0 Å². The van der Waals surface area contributed by atoms with Crippen molar-refractivity contribution >= 4 is 21.8 Å². The number of aromatic nitrogens is 2. The number of rotatable bonds is 4. The molecule has 0 spiro atoms. The molecule has 3 aromatic carbocycles. The molecule has 0 atom stereocenters. The minimum atomic E-state index is 0.871. The number of aryl methyl sites for hydroxylation is 1. The van der Waals surface area contributed by atoms with Crippen LogP contribution in [0.4, 0.5) is 0 Å². The van der Waals surface area contributed by atoms with Crippen LogP contribution in [0.5, 0.6) is 0 Å². The largest absolute Gasteiger partial charge is 0.328 e. The van der Waals surface area contributed by atoms with Gasteiger partial charge in [-0.25, -0.2) is 4.98 Å². The van der Waals surface area contributed by atoms with Crippen LogP contribution in [0.25, 0.3) is 21.8 Å². The molecule has 0 aliphatic rings. The van der Waals surface area contributed by atoms with E-state index in [0.29, 0.717) is 0 Å². The molecular formula is C21H20N2. The van der Waals surface area contributed by atoms with E-state index in [9.17, 15) is 0 Å². The van der Waals surface area contributed by atoms with Gasteiger partial charge in [0.05, 0.1) is 11.0 Å². The molecule has 0 amide bonds. The Morgan fingerprint density at radius 2 is 1.65 bits per heavy atom. The molecular weight excluding hydrogens is 280 g/mol. The van der Waals surface area contributed by atoms with Gasteiger partial charge in [-0.1, -0.05) is 61.5 Å². The Hall–Kier alpha value is -2.61.